The van der Waals surface area contributed by atoms with Crippen LogP contribution in [0.15, 0.2) is 24.4 Å². The molecule has 0 aliphatic heterocycles. The first-order valence-corrected chi connectivity index (χ1v) is 8.63. The average Bonchev–Trinajstić information content (AvgIpc) is 2.92. The van der Waals surface area contributed by atoms with E-state index < -0.39 is 0 Å². The van der Waals surface area contributed by atoms with Crippen LogP contribution in [0.2, 0.25) is 0 Å². The Kier molecular flexibility index (Phi) is 4.34. The van der Waals surface area contributed by atoms with Crippen LogP contribution < -0.4 is 0 Å². The minimum absolute atomic E-state index is 0.670. The van der Waals surface area contributed by atoms with Gasteiger partial charge in [-0.2, -0.15) is 0 Å². The van der Waals surface area contributed by atoms with Crippen molar-refractivity contribution in [2.45, 2.75) is 58.4 Å². The standard InChI is InChI=1S/C19H28N2/c1-4-8-15-16-9-7-10-17-19(16)14(13-20-17)12-18(15)21(6-3)11-5-2/h7,9-10,13,15,18,20H,4-6,8,11-12H2,1-3H3/t15?,18-/m1/s1. The van der Waals surface area contributed by atoms with Crippen molar-refractivity contribution in [1.82, 2.24) is 9.88 Å². The third-order valence-electron chi connectivity index (χ3n) is 5.10. The van der Waals surface area contributed by atoms with E-state index in [1.165, 1.54) is 48.7 Å². The third-order valence-corrected chi connectivity index (χ3v) is 5.10. The minimum atomic E-state index is 0.670. The Morgan fingerprint density at radius 2 is 2.05 bits per heavy atom. The number of nitrogens with zero attached hydrogens (tertiary/aromatic N) is 1. The van der Waals surface area contributed by atoms with Crippen LogP contribution in [0.3, 0.4) is 0 Å². The molecule has 0 amide bonds. The molecule has 2 aromatic rings. The monoisotopic (exact) mass is 284 g/mol. The number of aromatic nitrogens is 1. The summed E-state index contributed by atoms with van der Waals surface area (Å²) in [6.07, 6.45) is 7.25. The van der Waals surface area contributed by atoms with Crippen molar-refractivity contribution in [3.63, 3.8) is 0 Å². The van der Waals surface area contributed by atoms with Crippen molar-refractivity contribution in [2.24, 2.45) is 0 Å². The van der Waals surface area contributed by atoms with Crippen LogP contribution in [-0.2, 0) is 6.42 Å². The van der Waals surface area contributed by atoms with E-state index in [-0.39, 0.29) is 0 Å². The molecule has 1 heterocycles. The minimum Gasteiger partial charge on any atom is -0.361 e. The molecule has 0 saturated heterocycles. The summed E-state index contributed by atoms with van der Waals surface area (Å²) >= 11 is 0. The first-order valence-electron chi connectivity index (χ1n) is 8.63. The van der Waals surface area contributed by atoms with Crippen LogP contribution in [0.5, 0.6) is 0 Å². The number of hydrogen-bond donors (Lipinski definition) is 1. The molecule has 1 N–H and O–H groups in total. The zero-order valence-electron chi connectivity index (χ0n) is 13.7. The number of nitrogens with one attached hydrogen (secondary N) is 1. The van der Waals surface area contributed by atoms with Crippen LogP contribution >= 0.6 is 0 Å². The molecule has 21 heavy (non-hydrogen) atoms. The SMILES string of the molecule is CCCC1c2cccc3[nH]cc(c23)C[C@H]1N(CC)CCC. The maximum atomic E-state index is 3.47. The number of aromatic amines is 1. The Hall–Kier alpha value is -1.28. The van der Waals surface area contributed by atoms with E-state index in [1.54, 1.807) is 5.56 Å². The van der Waals surface area contributed by atoms with Gasteiger partial charge in [-0.15, -0.1) is 0 Å². The van der Waals surface area contributed by atoms with E-state index in [2.05, 4.69) is 55.1 Å². The summed E-state index contributed by atoms with van der Waals surface area (Å²) in [5.74, 6) is 0.688. The van der Waals surface area contributed by atoms with Gasteiger partial charge in [-0.3, -0.25) is 4.90 Å². The van der Waals surface area contributed by atoms with Crippen molar-refractivity contribution in [2.75, 3.05) is 13.1 Å². The number of rotatable bonds is 6. The van der Waals surface area contributed by atoms with Gasteiger partial charge in [0.1, 0.15) is 0 Å². The number of H-pyrrole nitrogens is 1. The highest BCUT2D eigenvalue weighted by Crippen LogP contribution is 2.41. The summed E-state index contributed by atoms with van der Waals surface area (Å²) in [5.41, 5.74) is 4.42. The molecular formula is C19H28N2. The molecule has 2 atom stereocenters. The fourth-order valence-corrected chi connectivity index (χ4v) is 4.22. The van der Waals surface area contributed by atoms with Crippen LogP contribution in [0.1, 0.15) is 57.1 Å². The Labute approximate surface area is 128 Å². The van der Waals surface area contributed by atoms with Gasteiger partial charge >= 0.3 is 0 Å². The molecule has 3 rings (SSSR count). The summed E-state index contributed by atoms with van der Waals surface area (Å²) < 4.78 is 0. The van der Waals surface area contributed by atoms with E-state index in [0.717, 1.165) is 6.54 Å². The molecule has 1 aromatic carbocycles. The van der Waals surface area contributed by atoms with Gasteiger partial charge in [0.15, 0.2) is 0 Å². The fraction of sp³-hybridized carbons (Fsp3) is 0.579. The third kappa shape index (κ3) is 2.50. The highest BCUT2D eigenvalue weighted by molar-refractivity contribution is 5.88. The van der Waals surface area contributed by atoms with Crippen molar-refractivity contribution >= 4 is 10.9 Å². The van der Waals surface area contributed by atoms with Gasteiger partial charge < -0.3 is 4.98 Å². The maximum absolute atomic E-state index is 3.47. The molecule has 114 valence electrons. The van der Waals surface area contributed by atoms with Gasteiger partial charge in [-0.05, 0) is 49.5 Å². The molecule has 0 fully saturated rings. The zero-order valence-corrected chi connectivity index (χ0v) is 13.7. The predicted octanol–water partition coefficient (Wildman–Crippen LogP) is 4.71. The van der Waals surface area contributed by atoms with Gasteiger partial charge in [0.2, 0.25) is 0 Å². The zero-order chi connectivity index (χ0) is 14.8. The lowest BCUT2D eigenvalue weighted by Crippen LogP contribution is -2.43. The lowest BCUT2D eigenvalue weighted by Gasteiger charge is -2.40. The Balaban J connectivity index is 2.04. The highest BCUT2D eigenvalue weighted by Gasteiger charge is 2.33. The number of hydrogen-bond acceptors (Lipinski definition) is 1. The van der Waals surface area contributed by atoms with E-state index in [0.29, 0.717) is 12.0 Å². The average molecular weight is 284 g/mol. The van der Waals surface area contributed by atoms with E-state index in [9.17, 15) is 0 Å². The van der Waals surface area contributed by atoms with Gasteiger partial charge in [-0.1, -0.05) is 39.3 Å². The van der Waals surface area contributed by atoms with Crippen LogP contribution in [-0.4, -0.2) is 29.0 Å². The van der Waals surface area contributed by atoms with E-state index in [4.69, 9.17) is 0 Å². The number of likely N-dealkylation sites (N-methyl/N-ethyl adjacent to an activating group) is 1. The van der Waals surface area contributed by atoms with Crippen LogP contribution in [0.4, 0.5) is 0 Å². The lowest BCUT2D eigenvalue weighted by molar-refractivity contribution is 0.170. The van der Waals surface area contributed by atoms with Gasteiger partial charge in [-0.25, -0.2) is 0 Å². The van der Waals surface area contributed by atoms with Crippen LogP contribution in [0, 0.1) is 0 Å². The Morgan fingerprint density at radius 3 is 2.76 bits per heavy atom. The largest absolute Gasteiger partial charge is 0.361 e. The van der Waals surface area contributed by atoms with E-state index in [1.807, 2.05) is 0 Å². The molecule has 2 heteroatoms. The molecule has 2 nitrogen and oxygen atoms in total. The molecule has 0 saturated carbocycles. The topological polar surface area (TPSA) is 19.0 Å². The predicted molar refractivity (Wildman–Crippen MR) is 91.0 cm³/mol. The van der Waals surface area contributed by atoms with Gasteiger partial charge in [0, 0.05) is 29.1 Å². The summed E-state index contributed by atoms with van der Waals surface area (Å²) in [6.45, 7) is 9.31. The quantitative estimate of drug-likeness (QED) is 0.814. The molecule has 1 aliphatic rings. The smallest absolute Gasteiger partial charge is 0.0459 e. The summed E-state index contributed by atoms with van der Waals surface area (Å²) in [6, 6.07) is 7.48. The van der Waals surface area contributed by atoms with E-state index >= 15 is 0 Å². The van der Waals surface area contributed by atoms with Crippen molar-refractivity contribution in [3.05, 3.63) is 35.5 Å². The van der Waals surface area contributed by atoms with Gasteiger partial charge in [0.05, 0.1) is 0 Å². The second kappa shape index (κ2) is 6.23. The first-order chi connectivity index (χ1) is 10.3. The molecular weight excluding hydrogens is 256 g/mol. The fourth-order valence-electron chi connectivity index (χ4n) is 4.22. The van der Waals surface area contributed by atoms with Crippen molar-refractivity contribution in [3.8, 4) is 0 Å². The summed E-state index contributed by atoms with van der Waals surface area (Å²) in [4.78, 5) is 6.18. The van der Waals surface area contributed by atoms with Crippen LogP contribution in [0.25, 0.3) is 10.9 Å². The molecule has 0 bridgehead atoms. The highest BCUT2D eigenvalue weighted by atomic mass is 15.2. The summed E-state index contributed by atoms with van der Waals surface area (Å²) in [7, 11) is 0. The van der Waals surface area contributed by atoms with Crippen molar-refractivity contribution in [1.29, 1.82) is 0 Å². The number of benzene rings is 1. The molecule has 0 radical (unpaired) electrons. The second-order valence-corrected chi connectivity index (χ2v) is 6.38. The van der Waals surface area contributed by atoms with Crippen molar-refractivity contribution < 1.29 is 0 Å². The Morgan fingerprint density at radius 1 is 1.19 bits per heavy atom. The molecule has 1 aromatic heterocycles. The normalized spacial score (nSPS) is 21.3. The molecule has 1 unspecified atom stereocenters. The molecule has 0 spiro atoms. The maximum Gasteiger partial charge on any atom is 0.0459 e. The van der Waals surface area contributed by atoms with Gasteiger partial charge in [0.25, 0.3) is 0 Å². The lowest BCUT2D eigenvalue weighted by atomic mass is 9.77. The first kappa shape index (κ1) is 14.6. The summed E-state index contributed by atoms with van der Waals surface area (Å²) in [5, 5.41) is 1.51. The Bertz CT molecular complexity index is 599. The second-order valence-electron chi connectivity index (χ2n) is 6.38. The molecule has 1 aliphatic carbocycles.